The van der Waals surface area contributed by atoms with Gasteiger partial charge in [0.05, 0.1) is 6.04 Å². The lowest BCUT2D eigenvalue weighted by molar-refractivity contribution is 0.0906. The third kappa shape index (κ3) is 2.80. The van der Waals surface area contributed by atoms with Crippen molar-refractivity contribution in [2.24, 2.45) is 0 Å². The SMILES string of the molecule is CC[C@@H](NC(=O)c1ccc(C)o1)c1ccccc1. The monoisotopic (exact) mass is 243 g/mol. The minimum atomic E-state index is -0.168. The molecule has 0 radical (unpaired) electrons. The molecule has 1 heterocycles. The number of hydrogen-bond donors (Lipinski definition) is 1. The summed E-state index contributed by atoms with van der Waals surface area (Å²) in [6.45, 7) is 3.87. The van der Waals surface area contributed by atoms with Crippen LogP contribution in [0.3, 0.4) is 0 Å². The molecular formula is C15H17NO2. The Morgan fingerprint density at radius 2 is 1.94 bits per heavy atom. The molecule has 0 aliphatic carbocycles. The third-order valence-corrected chi connectivity index (χ3v) is 2.88. The first kappa shape index (κ1) is 12.4. The van der Waals surface area contributed by atoms with E-state index in [0.29, 0.717) is 5.76 Å². The highest BCUT2D eigenvalue weighted by Gasteiger charge is 2.15. The first-order valence-electron chi connectivity index (χ1n) is 6.13. The molecule has 0 aliphatic heterocycles. The largest absolute Gasteiger partial charge is 0.456 e. The van der Waals surface area contributed by atoms with E-state index in [9.17, 15) is 4.79 Å². The fraction of sp³-hybridized carbons (Fsp3) is 0.267. The van der Waals surface area contributed by atoms with Crippen LogP contribution in [0, 0.1) is 6.92 Å². The van der Waals surface area contributed by atoms with Crippen LogP contribution in [0.5, 0.6) is 0 Å². The highest BCUT2D eigenvalue weighted by Crippen LogP contribution is 2.17. The molecule has 2 rings (SSSR count). The maximum absolute atomic E-state index is 12.0. The number of hydrogen-bond acceptors (Lipinski definition) is 2. The molecule has 94 valence electrons. The zero-order valence-corrected chi connectivity index (χ0v) is 10.6. The van der Waals surface area contributed by atoms with Gasteiger partial charge in [-0.05, 0) is 31.0 Å². The van der Waals surface area contributed by atoms with Crippen LogP contribution in [0.4, 0.5) is 0 Å². The van der Waals surface area contributed by atoms with E-state index in [1.54, 1.807) is 12.1 Å². The summed E-state index contributed by atoms with van der Waals surface area (Å²) in [6.07, 6.45) is 0.843. The van der Waals surface area contributed by atoms with Crippen molar-refractivity contribution in [1.29, 1.82) is 0 Å². The van der Waals surface area contributed by atoms with Crippen LogP contribution < -0.4 is 5.32 Å². The molecule has 2 aromatic rings. The Hall–Kier alpha value is -2.03. The second-order valence-corrected chi connectivity index (χ2v) is 4.26. The summed E-state index contributed by atoms with van der Waals surface area (Å²) in [7, 11) is 0. The van der Waals surface area contributed by atoms with Crippen LogP contribution in [0.15, 0.2) is 46.9 Å². The van der Waals surface area contributed by atoms with Gasteiger partial charge in [-0.1, -0.05) is 37.3 Å². The lowest BCUT2D eigenvalue weighted by Gasteiger charge is -2.16. The van der Waals surface area contributed by atoms with Crippen molar-refractivity contribution in [3.8, 4) is 0 Å². The molecule has 1 amide bonds. The Balaban J connectivity index is 2.10. The fourth-order valence-corrected chi connectivity index (χ4v) is 1.89. The predicted molar refractivity (Wildman–Crippen MR) is 70.4 cm³/mol. The Bertz CT molecular complexity index is 516. The number of benzene rings is 1. The average Bonchev–Trinajstić information content (AvgIpc) is 2.83. The standard InChI is InChI=1S/C15H17NO2/c1-3-13(12-7-5-4-6-8-12)16-15(17)14-10-9-11(2)18-14/h4-10,13H,3H2,1-2H3,(H,16,17)/t13-/m1/s1. The van der Waals surface area contributed by atoms with E-state index < -0.39 is 0 Å². The molecule has 3 heteroatoms. The Labute approximate surface area is 107 Å². The van der Waals surface area contributed by atoms with E-state index in [0.717, 1.165) is 17.7 Å². The minimum absolute atomic E-state index is 0.0177. The van der Waals surface area contributed by atoms with Gasteiger partial charge in [-0.2, -0.15) is 0 Å². The first-order valence-corrected chi connectivity index (χ1v) is 6.13. The summed E-state index contributed by atoms with van der Waals surface area (Å²) >= 11 is 0. The van der Waals surface area contributed by atoms with Gasteiger partial charge in [-0.3, -0.25) is 4.79 Å². The number of rotatable bonds is 4. The lowest BCUT2D eigenvalue weighted by Crippen LogP contribution is -2.27. The summed E-state index contributed by atoms with van der Waals surface area (Å²) in [4.78, 5) is 12.0. The molecule has 0 saturated carbocycles. The van der Waals surface area contributed by atoms with Gasteiger partial charge in [0, 0.05) is 0 Å². The van der Waals surface area contributed by atoms with Gasteiger partial charge >= 0.3 is 0 Å². The molecule has 1 aromatic heterocycles. The molecule has 1 aromatic carbocycles. The lowest BCUT2D eigenvalue weighted by atomic mass is 10.0. The van der Waals surface area contributed by atoms with Crippen LogP contribution in [0.2, 0.25) is 0 Å². The molecule has 0 fully saturated rings. The maximum Gasteiger partial charge on any atom is 0.287 e. The number of aryl methyl sites for hydroxylation is 1. The molecular weight excluding hydrogens is 226 g/mol. The number of carbonyl (C=O) groups is 1. The van der Waals surface area contributed by atoms with Gasteiger partial charge in [0.2, 0.25) is 0 Å². The Morgan fingerprint density at radius 3 is 2.50 bits per heavy atom. The van der Waals surface area contributed by atoms with Gasteiger partial charge in [0.1, 0.15) is 5.76 Å². The maximum atomic E-state index is 12.0. The van der Waals surface area contributed by atoms with E-state index in [1.165, 1.54) is 0 Å². The smallest absolute Gasteiger partial charge is 0.287 e. The number of furan rings is 1. The van der Waals surface area contributed by atoms with Crippen molar-refractivity contribution < 1.29 is 9.21 Å². The molecule has 1 atom stereocenters. The second kappa shape index (κ2) is 5.54. The Morgan fingerprint density at radius 1 is 1.22 bits per heavy atom. The molecule has 1 N–H and O–H groups in total. The second-order valence-electron chi connectivity index (χ2n) is 4.26. The normalized spacial score (nSPS) is 12.1. The Kier molecular flexibility index (Phi) is 3.82. The van der Waals surface area contributed by atoms with Crippen molar-refractivity contribution in [2.75, 3.05) is 0 Å². The fourth-order valence-electron chi connectivity index (χ4n) is 1.89. The van der Waals surface area contributed by atoms with E-state index in [-0.39, 0.29) is 11.9 Å². The van der Waals surface area contributed by atoms with Crippen LogP contribution in [0.1, 0.15) is 41.3 Å². The van der Waals surface area contributed by atoms with E-state index in [4.69, 9.17) is 4.42 Å². The van der Waals surface area contributed by atoms with Crippen molar-refractivity contribution in [2.45, 2.75) is 26.3 Å². The number of carbonyl (C=O) groups excluding carboxylic acids is 1. The molecule has 0 spiro atoms. The van der Waals surface area contributed by atoms with E-state index in [1.807, 2.05) is 44.2 Å². The van der Waals surface area contributed by atoms with Crippen LogP contribution in [-0.4, -0.2) is 5.91 Å². The molecule has 0 unspecified atom stereocenters. The number of nitrogens with one attached hydrogen (secondary N) is 1. The summed E-state index contributed by atoms with van der Waals surface area (Å²) in [5.74, 6) is 0.939. The predicted octanol–water partition coefficient (Wildman–Crippen LogP) is 3.47. The summed E-state index contributed by atoms with van der Waals surface area (Å²) in [5.41, 5.74) is 1.11. The summed E-state index contributed by atoms with van der Waals surface area (Å²) in [5, 5.41) is 2.98. The minimum Gasteiger partial charge on any atom is -0.456 e. The molecule has 18 heavy (non-hydrogen) atoms. The van der Waals surface area contributed by atoms with E-state index >= 15 is 0 Å². The summed E-state index contributed by atoms with van der Waals surface area (Å²) < 4.78 is 5.31. The molecule has 3 nitrogen and oxygen atoms in total. The highest BCUT2D eigenvalue weighted by atomic mass is 16.3. The molecule has 0 bridgehead atoms. The van der Waals surface area contributed by atoms with Gasteiger partial charge in [-0.15, -0.1) is 0 Å². The van der Waals surface area contributed by atoms with E-state index in [2.05, 4.69) is 5.32 Å². The summed E-state index contributed by atoms with van der Waals surface area (Å²) in [6, 6.07) is 13.4. The van der Waals surface area contributed by atoms with Gasteiger partial charge in [0.25, 0.3) is 5.91 Å². The van der Waals surface area contributed by atoms with Gasteiger partial charge in [-0.25, -0.2) is 0 Å². The quantitative estimate of drug-likeness (QED) is 0.893. The molecule has 0 saturated heterocycles. The van der Waals surface area contributed by atoms with Crippen molar-refractivity contribution in [1.82, 2.24) is 5.32 Å². The first-order chi connectivity index (χ1) is 8.70. The average molecular weight is 243 g/mol. The third-order valence-electron chi connectivity index (χ3n) is 2.88. The van der Waals surface area contributed by atoms with Gasteiger partial charge < -0.3 is 9.73 Å². The van der Waals surface area contributed by atoms with Gasteiger partial charge in [0.15, 0.2) is 5.76 Å². The van der Waals surface area contributed by atoms with Crippen molar-refractivity contribution in [3.05, 3.63) is 59.5 Å². The van der Waals surface area contributed by atoms with Crippen molar-refractivity contribution in [3.63, 3.8) is 0 Å². The zero-order chi connectivity index (χ0) is 13.0. The molecule has 0 aliphatic rings. The highest BCUT2D eigenvalue weighted by molar-refractivity contribution is 5.91. The number of amides is 1. The van der Waals surface area contributed by atoms with Crippen LogP contribution in [0.25, 0.3) is 0 Å². The van der Waals surface area contributed by atoms with Crippen LogP contribution >= 0.6 is 0 Å². The topological polar surface area (TPSA) is 42.2 Å². The van der Waals surface area contributed by atoms with Crippen LogP contribution in [-0.2, 0) is 0 Å². The zero-order valence-electron chi connectivity index (χ0n) is 10.6. The van der Waals surface area contributed by atoms with Crippen molar-refractivity contribution >= 4 is 5.91 Å².